The van der Waals surface area contributed by atoms with Gasteiger partial charge in [-0.2, -0.15) is 0 Å². The Morgan fingerprint density at radius 2 is 2.18 bits per heavy atom. The van der Waals surface area contributed by atoms with Crippen LogP contribution in [-0.2, 0) is 0 Å². The summed E-state index contributed by atoms with van der Waals surface area (Å²) in [6, 6.07) is 6.63. The molecule has 0 amide bonds. The summed E-state index contributed by atoms with van der Waals surface area (Å²) in [6.45, 7) is 4.20. The van der Waals surface area contributed by atoms with Gasteiger partial charge in [0.05, 0.1) is 5.69 Å². The molecule has 0 aliphatic carbocycles. The van der Waals surface area contributed by atoms with Gasteiger partial charge in [-0.25, -0.2) is 4.39 Å². The summed E-state index contributed by atoms with van der Waals surface area (Å²) < 4.78 is 13.9. The zero-order valence-corrected chi connectivity index (χ0v) is 10.2. The monoisotopic (exact) mass is 234 g/mol. The van der Waals surface area contributed by atoms with Gasteiger partial charge in [0.25, 0.3) is 0 Å². The van der Waals surface area contributed by atoms with Gasteiger partial charge in [0.1, 0.15) is 5.82 Å². The Hall–Kier alpha value is -1.09. The minimum Gasteiger partial charge on any atom is -0.378 e. The fraction of sp³-hybridized carbons (Fsp3) is 0.571. The molecule has 2 aliphatic rings. The SMILES string of the molecule is Cc1cccc(NC2CCN3CCCC23)c1F. The van der Waals surface area contributed by atoms with Gasteiger partial charge in [0.2, 0.25) is 0 Å². The van der Waals surface area contributed by atoms with E-state index in [0.29, 0.717) is 17.8 Å². The molecular weight excluding hydrogens is 215 g/mol. The molecule has 0 bridgehead atoms. The van der Waals surface area contributed by atoms with E-state index < -0.39 is 0 Å². The van der Waals surface area contributed by atoms with Crippen LogP contribution in [0.25, 0.3) is 0 Å². The molecule has 1 N–H and O–H groups in total. The van der Waals surface area contributed by atoms with E-state index in [0.717, 1.165) is 18.5 Å². The highest BCUT2D eigenvalue weighted by Crippen LogP contribution is 2.31. The fourth-order valence-corrected chi connectivity index (χ4v) is 3.21. The van der Waals surface area contributed by atoms with Crippen LogP contribution in [-0.4, -0.2) is 30.1 Å². The second-order valence-corrected chi connectivity index (χ2v) is 5.22. The molecule has 2 unspecified atom stereocenters. The third-order valence-electron chi connectivity index (χ3n) is 4.14. The van der Waals surface area contributed by atoms with E-state index in [1.54, 1.807) is 0 Å². The summed E-state index contributed by atoms with van der Waals surface area (Å²) in [5.74, 6) is -0.0936. The molecule has 0 saturated carbocycles. The topological polar surface area (TPSA) is 15.3 Å². The Bertz CT molecular complexity index is 419. The number of rotatable bonds is 2. The summed E-state index contributed by atoms with van der Waals surface area (Å²) in [7, 11) is 0. The lowest BCUT2D eigenvalue weighted by Crippen LogP contribution is -2.34. The predicted molar refractivity (Wildman–Crippen MR) is 67.8 cm³/mol. The molecule has 0 aromatic heterocycles. The van der Waals surface area contributed by atoms with Gasteiger partial charge in [-0.1, -0.05) is 12.1 Å². The lowest BCUT2D eigenvalue weighted by molar-refractivity contribution is 0.318. The van der Waals surface area contributed by atoms with Crippen LogP contribution in [0.4, 0.5) is 10.1 Å². The summed E-state index contributed by atoms with van der Waals surface area (Å²) >= 11 is 0. The highest BCUT2D eigenvalue weighted by Gasteiger charge is 2.37. The predicted octanol–water partition coefficient (Wildman–Crippen LogP) is 2.78. The van der Waals surface area contributed by atoms with Crippen molar-refractivity contribution in [2.45, 2.75) is 38.3 Å². The van der Waals surface area contributed by atoms with Crippen LogP contribution in [0.3, 0.4) is 0 Å². The number of benzene rings is 1. The average molecular weight is 234 g/mol. The molecule has 1 aromatic rings. The van der Waals surface area contributed by atoms with Gasteiger partial charge in [-0.3, -0.25) is 4.90 Å². The third kappa shape index (κ3) is 1.93. The van der Waals surface area contributed by atoms with Crippen molar-refractivity contribution in [3.63, 3.8) is 0 Å². The number of anilines is 1. The van der Waals surface area contributed by atoms with Crippen molar-refractivity contribution in [1.82, 2.24) is 4.90 Å². The Labute approximate surface area is 102 Å². The van der Waals surface area contributed by atoms with Gasteiger partial charge >= 0.3 is 0 Å². The number of hydrogen-bond donors (Lipinski definition) is 1. The molecule has 0 spiro atoms. The van der Waals surface area contributed by atoms with Crippen LogP contribution in [0.1, 0.15) is 24.8 Å². The highest BCUT2D eigenvalue weighted by atomic mass is 19.1. The number of halogens is 1. The van der Waals surface area contributed by atoms with E-state index in [1.165, 1.54) is 19.4 Å². The maximum Gasteiger partial charge on any atom is 0.149 e. The van der Waals surface area contributed by atoms with E-state index in [1.807, 2.05) is 25.1 Å². The Morgan fingerprint density at radius 1 is 1.29 bits per heavy atom. The fourth-order valence-electron chi connectivity index (χ4n) is 3.21. The van der Waals surface area contributed by atoms with Gasteiger partial charge < -0.3 is 5.32 Å². The van der Waals surface area contributed by atoms with E-state index in [9.17, 15) is 4.39 Å². The number of aryl methyl sites for hydroxylation is 1. The van der Waals surface area contributed by atoms with E-state index in [4.69, 9.17) is 0 Å². The van der Waals surface area contributed by atoms with Crippen molar-refractivity contribution < 1.29 is 4.39 Å². The van der Waals surface area contributed by atoms with Gasteiger partial charge in [-0.05, 0) is 44.4 Å². The van der Waals surface area contributed by atoms with Crippen LogP contribution in [0.5, 0.6) is 0 Å². The molecular formula is C14H19FN2. The van der Waals surface area contributed by atoms with Crippen LogP contribution in [0, 0.1) is 12.7 Å². The van der Waals surface area contributed by atoms with E-state index in [2.05, 4.69) is 10.2 Å². The van der Waals surface area contributed by atoms with Crippen LogP contribution in [0.15, 0.2) is 18.2 Å². The molecule has 0 radical (unpaired) electrons. The molecule has 1 aromatic carbocycles. The molecule has 92 valence electrons. The zero-order chi connectivity index (χ0) is 11.8. The lowest BCUT2D eigenvalue weighted by Gasteiger charge is -2.22. The summed E-state index contributed by atoms with van der Waals surface area (Å²) in [5, 5.41) is 3.40. The molecule has 2 aliphatic heterocycles. The number of nitrogens with zero attached hydrogens (tertiary/aromatic N) is 1. The zero-order valence-electron chi connectivity index (χ0n) is 10.2. The molecule has 3 rings (SSSR count). The standard InChI is InChI=1S/C14H19FN2/c1-10-4-2-5-12(14(10)15)16-11-7-9-17-8-3-6-13(11)17/h2,4-5,11,13,16H,3,6-9H2,1H3. The van der Waals surface area contributed by atoms with Crippen LogP contribution >= 0.6 is 0 Å². The van der Waals surface area contributed by atoms with Gasteiger partial charge in [0.15, 0.2) is 0 Å². The van der Waals surface area contributed by atoms with Crippen molar-refractivity contribution >= 4 is 5.69 Å². The minimum absolute atomic E-state index is 0.0936. The Morgan fingerprint density at radius 3 is 3.06 bits per heavy atom. The van der Waals surface area contributed by atoms with E-state index in [-0.39, 0.29) is 5.82 Å². The quantitative estimate of drug-likeness (QED) is 0.846. The normalized spacial score (nSPS) is 28.4. The Kier molecular flexibility index (Phi) is 2.79. The molecule has 2 fully saturated rings. The van der Waals surface area contributed by atoms with Crippen molar-refractivity contribution in [2.24, 2.45) is 0 Å². The molecule has 2 saturated heterocycles. The first kappa shape index (κ1) is 11.0. The smallest absolute Gasteiger partial charge is 0.149 e. The number of nitrogens with one attached hydrogen (secondary N) is 1. The molecule has 3 heteroatoms. The number of fused-ring (bicyclic) bond motifs is 1. The van der Waals surface area contributed by atoms with Crippen molar-refractivity contribution in [1.29, 1.82) is 0 Å². The first-order valence-corrected chi connectivity index (χ1v) is 6.51. The second kappa shape index (κ2) is 4.30. The molecule has 2 heterocycles. The lowest BCUT2D eigenvalue weighted by atomic mass is 10.1. The molecule has 2 atom stereocenters. The van der Waals surface area contributed by atoms with Crippen molar-refractivity contribution in [3.05, 3.63) is 29.6 Å². The van der Waals surface area contributed by atoms with Crippen molar-refractivity contribution in [2.75, 3.05) is 18.4 Å². The number of hydrogen-bond acceptors (Lipinski definition) is 2. The maximum atomic E-state index is 13.9. The van der Waals surface area contributed by atoms with Crippen LogP contribution in [0.2, 0.25) is 0 Å². The third-order valence-corrected chi connectivity index (χ3v) is 4.14. The largest absolute Gasteiger partial charge is 0.378 e. The first-order valence-electron chi connectivity index (χ1n) is 6.51. The molecule has 2 nitrogen and oxygen atoms in total. The molecule has 17 heavy (non-hydrogen) atoms. The average Bonchev–Trinajstić information content (AvgIpc) is 2.89. The van der Waals surface area contributed by atoms with Crippen molar-refractivity contribution in [3.8, 4) is 0 Å². The van der Waals surface area contributed by atoms with Crippen LogP contribution < -0.4 is 5.32 Å². The van der Waals surface area contributed by atoms with E-state index >= 15 is 0 Å². The first-order chi connectivity index (χ1) is 8.25. The van der Waals surface area contributed by atoms with Gasteiger partial charge in [0, 0.05) is 18.6 Å². The summed E-state index contributed by atoms with van der Waals surface area (Å²) in [6.07, 6.45) is 3.68. The maximum absolute atomic E-state index is 13.9. The van der Waals surface area contributed by atoms with Gasteiger partial charge in [-0.15, -0.1) is 0 Å². The Balaban J connectivity index is 1.76. The second-order valence-electron chi connectivity index (χ2n) is 5.22. The highest BCUT2D eigenvalue weighted by molar-refractivity contribution is 5.48. The minimum atomic E-state index is -0.0936. The summed E-state index contributed by atoms with van der Waals surface area (Å²) in [4.78, 5) is 2.53. The summed E-state index contributed by atoms with van der Waals surface area (Å²) in [5.41, 5.74) is 1.39.